The van der Waals surface area contributed by atoms with E-state index in [1.165, 1.54) is 0 Å². The van der Waals surface area contributed by atoms with Crippen molar-refractivity contribution in [2.24, 2.45) is 0 Å². The van der Waals surface area contributed by atoms with Crippen molar-refractivity contribution < 1.29 is 4.74 Å². The number of rotatable bonds is 8. The molecule has 6 nitrogen and oxygen atoms in total. The number of nitrogens with zero attached hydrogens (tertiary/aromatic N) is 4. The molecule has 0 radical (unpaired) electrons. The standard InChI is InChI=1S/C12H18ClN5O/c1-3-15-12-16-9-10(13)11(17-12)18(6-4-5-14)7-8-19-2/h9H,3-4,6-8H2,1-2H3,(H,15,16,17). The average Bonchev–Trinajstić information content (AvgIpc) is 2.42. The molecule has 0 amide bonds. The number of aromatic nitrogens is 2. The molecular formula is C12H18ClN5O. The van der Waals surface area contributed by atoms with Crippen LogP contribution in [-0.2, 0) is 4.74 Å². The molecule has 0 spiro atoms. The number of nitrogens with one attached hydrogen (secondary N) is 1. The molecule has 0 atom stereocenters. The molecule has 0 unspecified atom stereocenters. The van der Waals surface area contributed by atoms with E-state index in [4.69, 9.17) is 21.6 Å². The Hall–Kier alpha value is -1.58. The van der Waals surface area contributed by atoms with Crippen molar-refractivity contribution in [2.45, 2.75) is 13.3 Å². The first-order valence-electron chi connectivity index (χ1n) is 6.10. The minimum Gasteiger partial charge on any atom is -0.383 e. The molecule has 0 aliphatic heterocycles. The van der Waals surface area contributed by atoms with E-state index in [0.717, 1.165) is 6.54 Å². The van der Waals surface area contributed by atoms with E-state index in [1.807, 2.05) is 11.8 Å². The highest BCUT2D eigenvalue weighted by molar-refractivity contribution is 6.32. The van der Waals surface area contributed by atoms with Crippen molar-refractivity contribution in [1.82, 2.24) is 9.97 Å². The Bertz CT molecular complexity index is 435. The van der Waals surface area contributed by atoms with Crippen LogP contribution in [0.1, 0.15) is 13.3 Å². The van der Waals surface area contributed by atoms with Crippen molar-refractivity contribution in [3.8, 4) is 6.07 Å². The zero-order valence-electron chi connectivity index (χ0n) is 11.2. The van der Waals surface area contributed by atoms with Gasteiger partial charge in [-0.15, -0.1) is 0 Å². The summed E-state index contributed by atoms with van der Waals surface area (Å²) in [6, 6.07) is 2.12. The third-order valence-corrected chi connectivity index (χ3v) is 2.69. The van der Waals surface area contributed by atoms with Crippen molar-refractivity contribution in [3.05, 3.63) is 11.2 Å². The summed E-state index contributed by atoms with van der Waals surface area (Å²) in [7, 11) is 1.63. The number of hydrogen-bond acceptors (Lipinski definition) is 6. The van der Waals surface area contributed by atoms with Crippen LogP contribution in [-0.4, -0.2) is 43.3 Å². The summed E-state index contributed by atoms with van der Waals surface area (Å²) in [6.45, 7) is 4.43. The van der Waals surface area contributed by atoms with Gasteiger partial charge in [-0.25, -0.2) is 4.98 Å². The second-order valence-electron chi connectivity index (χ2n) is 3.78. The summed E-state index contributed by atoms with van der Waals surface area (Å²) in [5.74, 6) is 1.15. The van der Waals surface area contributed by atoms with Crippen LogP contribution in [0.3, 0.4) is 0 Å². The highest BCUT2D eigenvalue weighted by Gasteiger charge is 2.13. The van der Waals surface area contributed by atoms with Gasteiger partial charge in [0.2, 0.25) is 5.95 Å². The lowest BCUT2D eigenvalue weighted by molar-refractivity contribution is 0.205. The van der Waals surface area contributed by atoms with E-state index in [-0.39, 0.29) is 0 Å². The Morgan fingerprint density at radius 1 is 1.53 bits per heavy atom. The maximum atomic E-state index is 8.71. The summed E-state index contributed by atoms with van der Waals surface area (Å²) < 4.78 is 5.06. The van der Waals surface area contributed by atoms with E-state index in [2.05, 4.69) is 21.4 Å². The predicted octanol–water partition coefficient (Wildman–Crippen LogP) is 1.93. The first-order valence-corrected chi connectivity index (χ1v) is 6.48. The minimum absolute atomic E-state index is 0.403. The molecule has 0 fully saturated rings. The zero-order chi connectivity index (χ0) is 14.1. The van der Waals surface area contributed by atoms with E-state index in [0.29, 0.717) is 42.9 Å². The van der Waals surface area contributed by atoms with E-state index < -0.39 is 0 Å². The molecular weight excluding hydrogens is 266 g/mol. The summed E-state index contributed by atoms with van der Waals surface area (Å²) in [6.07, 6.45) is 1.97. The van der Waals surface area contributed by atoms with Gasteiger partial charge in [0.1, 0.15) is 5.02 Å². The van der Waals surface area contributed by atoms with Gasteiger partial charge in [0.15, 0.2) is 5.82 Å². The third-order valence-electron chi connectivity index (χ3n) is 2.42. The summed E-state index contributed by atoms with van der Waals surface area (Å²) >= 11 is 6.13. The molecule has 0 saturated carbocycles. The number of halogens is 1. The van der Waals surface area contributed by atoms with Gasteiger partial charge in [-0.2, -0.15) is 10.2 Å². The Balaban J connectivity index is 2.91. The third kappa shape index (κ3) is 4.89. The minimum atomic E-state index is 0.403. The van der Waals surface area contributed by atoms with Gasteiger partial charge >= 0.3 is 0 Å². The number of hydrogen-bond donors (Lipinski definition) is 1. The second kappa shape index (κ2) is 8.51. The molecule has 19 heavy (non-hydrogen) atoms. The van der Waals surface area contributed by atoms with Crippen LogP contribution in [0.15, 0.2) is 6.20 Å². The van der Waals surface area contributed by atoms with Gasteiger partial charge in [-0.05, 0) is 6.92 Å². The molecule has 0 bridgehead atoms. The topological polar surface area (TPSA) is 74.1 Å². The van der Waals surface area contributed by atoms with Crippen molar-refractivity contribution in [1.29, 1.82) is 5.26 Å². The summed E-state index contributed by atoms with van der Waals surface area (Å²) in [5.41, 5.74) is 0. The zero-order valence-corrected chi connectivity index (χ0v) is 11.9. The van der Waals surface area contributed by atoms with Crippen molar-refractivity contribution in [3.63, 3.8) is 0 Å². The molecule has 1 aromatic heterocycles. The molecule has 1 aromatic rings. The molecule has 7 heteroatoms. The smallest absolute Gasteiger partial charge is 0.224 e. The fraction of sp³-hybridized carbons (Fsp3) is 0.583. The van der Waals surface area contributed by atoms with Gasteiger partial charge in [-0.3, -0.25) is 0 Å². The lowest BCUT2D eigenvalue weighted by Crippen LogP contribution is -2.29. The van der Waals surface area contributed by atoms with E-state index >= 15 is 0 Å². The van der Waals surface area contributed by atoms with Crippen molar-refractivity contribution in [2.75, 3.05) is 43.6 Å². The molecule has 0 aromatic carbocycles. The SMILES string of the molecule is CCNc1ncc(Cl)c(N(CCC#N)CCOC)n1. The van der Waals surface area contributed by atoms with Gasteiger partial charge in [0.05, 0.1) is 25.3 Å². The van der Waals surface area contributed by atoms with Crippen molar-refractivity contribution >= 4 is 23.4 Å². The molecule has 104 valence electrons. The number of nitriles is 1. The largest absolute Gasteiger partial charge is 0.383 e. The molecule has 1 heterocycles. The first kappa shape index (κ1) is 15.5. The maximum Gasteiger partial charge on any atom is 0.224 e. The molecule has 0 aliphatic rings. The van der Waals surface area contributed by atoms with E-state index in [9.17, 15) is 0 Å². The van der Waals surface area contributed by atoms with Crippen LogP contribution in [0.5, 0.6) is 0 Å². The van der Waals surface area contributed by atoms with Crippen LogP contribution < -0.4 is 10.2 Å². The summed E-state index contributed by atoms with van der Waals surface area (Å²) in [4.78, 5) is 10.4. The molecule has 0 aliphatic carbocycles. The molecule has 1 rings (SSSR count). The normalized spacial score (nSPS) is 10.0. The van der Waals surface area contributed by atoms with Crippen LogP contribution in [0.25, 0.3) is 0 Å². The quantitative estimate of drug-likeness (QED) is 0.786. The Morgan fingerprint density at radius 3 is 2.95 bits per heavy atom. The number of ether oxygens (including phenoxy) is 1. The Morgan fingerprint density at radius 2 is 2.32 bits per heavy atom. The maximum absolute atomic E-state index is 8.71. The first-order chi connectivity index (χ1) is 9.22. The average molecular weight is 284 g/mol. The van der Waals surface area contributed by atoms with Crippen LogP contribution in [0.4, 0.5) is 11.8 Å². The highest BCUT2D eigenvalue weighted by atomic mass is 35.5. The molecule has 1 N–H and O–H groups in total. The molecule has 0 saturated heterocycles. The number of anilines is 2. The van der Waals surface area contributed by atoms with Gasteiger partial charge in [0.25, 0.3) is 0 Å². The monoisotopic (exact) mass is 283 g/mol. The van der Waals surface area contributed by atoms with Crippen LogP contribution in [0, 0.1) is 11.3 Å². The fourth-order valence-electron chi connectivity index (χ4n) is 1.53. The van der Waals surface area contributed by atoms with Gasteiger partial charge < -0.3 is 15.0 Å². The van der Waals surface area contributed by atoms with Crippen LogP contribution >= 0.6 is 11.6 Å². The Labute approximate surface area is 118 Å². The van der Waals surface area contributed by atoms with Gasteiger partial charge in [-0.1, -0.05) is 11.6 Å². The predicted molar refractivity (Wildman–Crippen MR) is 75.5 cm³/mol. The van der Waals surface area contributed by atoms with Crippen LogP contribution in [0.2, 0.25) is 5.02 Å². The lowest BCUT2D eigenvalue weighted by Gasteiger charge is -2.23. The van der Waals surface area contributed by atoms with Gasteiger partial charge in [0, 0.05) is 26.7 Å². The highest BCUT2D eigenvalue weighted by Crippen LogP contribution is 2.23. The van der Waals surface area contributed by atoms with E-state index in [1.54, 1.807) is 13.3 Å². The number of methoxy groups -OCH3 is 1. The second-order valence-corrected chi connectivity index (χ2v) is 4.19. The lowest BCUT2D eigenvalue weighted by atomic mass is 10.3. The fourth-order valence-corrected chi connectivity index (χ4v) is 1.74. The summed E-state index contributed by atoms with van der Waals surface area (Å²) in [5, 5.41) is 12.2. The Kier molecular flexibility index (Phi) is 6.93.